The summed E-state index contributed by atoms with van der Waals surface area (Å²) >= 11 is 6.98. The zero-order valence-electron chi connectivity index (χ0n) is 14.0. The molecule has 1 aliphatic rings. The second kappa shape index (κ2) is 6.77. The van der Waals surface area contributed by atoms with Crippen molar-refractivity contribution >= 4 is 28.9 Å². The summed E-state index contributed by atoms with van der Waals surface area (Å²) in [6, 6.07) is 28.8. The van der Waals surface area contributed by atoms with Crippen LogP contribution >= 0.6 is 11.6 Å². The van der Waals surface area contributed by atoms with E-state index < -0.39 is 4.87 Å². The van der Waals surface area contributed by atoms with E-state index in [-0.39, 0.29) is 5.91 Å². The van der Waals surface area contributed by atoms with Crippen molar-refractivity contribution in [3.63, 3.8) is 0 Å². The number of carbonyl (C=O) groups excluding carboxylic acids is 1. The number of alkyl halides is 1. The number of carbonyl (C=O) groups is 1. The Morgan fingerprint density at radius 1 is 0.808 bits per heavy atom. The van der Waals surface area contributed by atoms with Crippen LogP contribution in [-0.4, -0.2) is 16.5 Å². The molecule has 0 unspecified atom stereocenters. The molecule has 0 saturated heterocycles. The van der Waals surface area contributed by atoms with Gasteiger partial charge < -0.3 is 0 Å². The van der Waals surface area contributed by atoms with Gasteiger partial charge in [-0.15, -0.1) is 11.6 Å². The normalized spacial score (nSPS) is 19.5. The first-order chi connectivity index (χ1) is 12.7. The maximum Gasteiger partial charge on any atom is 0.275 e. The van der Waals surface area contributed by atoms with Crippen molar-refractivity contribution in [3.05, 3.63) is 102 Å². The SMILES string of the molecule is O=C1N(c2ccccc2)N=C(c2ccccc2)[C@]1(Cl)Cc1ccccc1. The van der Waals surface area contributed by atoms with E-state index in [9.17, 15) is 4.79 Å². The molecular weight excluding hydrogens is 344 g/mol. The number of halogens is 1. The van der Waals surface area contributed by atoms with Gasteiger partial charge in [-0.2, -0.15) is 10.1 Å². The Hall–Kier alpha value is -2.91. The summed E-state index contributed by atoms with van der Waals surface area (Å²) in [5.41, 5.74) is 3.14. The van der Waals surface area contributed by atoms with Crippen LogP contribution in [0, 0.1) is 0 Å². The summed E-state index contributed by atoms with van der Waals surface area (Å²) in [7, 11) is 0. The topological polar surface area (TPSA) is 32.7 Å². The Bertz CT molecular complexity index is 942. The lowest BCUT2D eigenvalue weighted by Gasteiger charge is -2.22. The van der Waals surface area contributed by atoms with E-state index in [1.807, 2.05) is 91.0 Å². The third-order valence-corrected chi connectivity index (χ3v) is 4.92. The first-order valence-electron chi connectivity index (χ1n) is 8.45. The summed E-state index contributed by atoms with van der Waals surface area (Å²) in [4.78, 5) is 12.1. The van der Waals surface area contributed by atoms with Gasteiger partial charge >= 0.3 is 0 Å². The van der Waals surface area contributed by atoms with Crippen LogP contribution in [0.3, 0.4) is 0 Å². The van der Waals surface area contributed by atoms with E-state index in [0.717, 1.165) is 11.1 Å². The lowest BCUT2D eigenvalue weighted by atomic mass is 9.89. The number of hydrogen-bond donors (Lipinski definition) is 0. The molecule has 0 spiro atoms. The van der Waals surface area contributed by atoms with Crippen LogP contribution in [0.15, 0.2) is 96.1 Å². The number of para-hydroxylation sites is 1. The largest absolute Gasteiger partial charge is 0.275 e. The van der Waals surface area contributed by atoms with Crippen LogP contribution in [0.25, 0.3) is 0 Å². The number of nitrogens with zero attached hydrogens (tertiary/aromatic N) is 2. The van der Waals surface area contributed by atoms with Gasteiger partial charge in [-0.3, -0.25) is 4.79 Å². The van der Waals surface area contributed by atoms with Gasteiger partial charge in [-0.25, -0.2) is 0 Å². The molecule has 4 heteroatoms. The van der Waals surface area contributed by atoms with Crippen molar-refractivity contribution in [3.8, 4) is 0 Å². The van der Waals surface area contributed by atoms with Crippen LogP contribution < -0.4 is 5.01 Å². The minimum absolute atomic E-state index is 0.229. The van der Waals surface area contributed by atoms with Gasteiger partial charge in [0.25, 0.3) is 5.91 Å². The summed E-state index contributed by atoms with van der Waals surface area (Å²) in [6.45, 7) is 0. The first-order valence-corrected chi connectivity index (χ1v) is 8.83. The van der Waals surface area contributed by atoms with E-state index in [4.69, 9.17) is 11.6 Å². The molecule has 4 rings (SSSR count). The number of hydrazone groups is 1. The van der Waals surface area contributed by atoms with Crippen molar-refractivity contribution in [2.24, 2.45) is 5.10 Å². The van der Waals surface area contributed by atoms with Gasteiger partial charge in [-0.1, -0.05) is 78.9 Å². The van der Waals surface area contributed by atoms with Crippen LogP contribution in [0.4, 0.5) is 5.69 Å². The van der Waals surface area contributed by atoms with Gasteiger partial charge in [0.2, 0.25) is 0 Å². The van der Waals surface area contributed by atoms with Gasteiger partial charge in [0, 0.05) is 12.0 Å². The molecule has 1 heterocycles. The molecule has 0 fully saturated rings. The molecule has 128 valence electrons. The van der Waals surface area contributed by atoms with Crippen molar-refractivity contribution < 1.29 is 4.79 Å². The Balaban J connectivity index is 1.80. The fourth-order valence-electron chi connectivity index (χ4n) is 3.16. The maximum atomic E-state index is 13.3. The molecule has 0 aliphatic carbocycles. The van der Waals surface area contributed by atoms with Crippen molar-refractivity contribution in [2.45, 2.75) is 11.3 Å². The Labute approximate surface area is 157 Å². The highest BCUT2D eigenvalue weighted by molar-refractivity contribution is 6.53. The predicted octanol–water partition coefficient (Wildman–Crippen LogP) is 4.66. The average Bonchev–Trinajstić information content (AvgIpc) is 2.95. The van der Waals surface area contributed by atoms with Crippen molar-refractivity contribution in [1.82, 2.24) is 0 Å². The van der Waals surface area contributed by atoms with Gasteiger partial charge in [-0.05, 0) is 17.7 Å². The zero-order valence-corrected chi connectivity index (χ0v) is 14.8. The second-order valence-electron chi connectivity index (χ2n) is 6.23. The van der Waals surface area contributed by atoms with Crippen LogP contribution in [0.2, 0.25) is 0 Å². The molecule has 0 N–H and O–H groups in total. The highest BCUT2D eigenvalue weighted by Gasteiger charge is 2.50. The van der Waals surface area contributed by atoms with Gasteiger partial charge in [0.05, 0.1) is 11.4 Å². The van der Waals surface area contributed by atoms with Crippen LogP contribution in [0.1, 0.15) is 11.1 Å². The highest BCUT2D eigenvalue weighted by Crippen LogP contribution is 2.36. The quantitative estimate of drug-likeness (QED) is 0.623. The number of rotatable bonds is 4. The molecule has 3 nitrogen and oxygen atoms in total. The van der Waals surface area contributed by atoms with E-state index in [1.54, 1.807) is 0 Å². The molecule has 1 amide bonds. The Morgan fingerprint density at radius 3 is 1.96 bits per heavy atom. The average molecular weight is 361 g/mol. The number of hydrogen-bond acceptors (Lipinski definition) is 2. The molecular formula is C22H17ClN2O. The standard InChI is InChI=1S/C22H17ClN2O/c23-22(16-17-10-4-1-5-11-17)20(18-12-6-2-7-13-18)24-25(21(22)26)19-14-8-3-9-15-19/h1-15H,16H2/t22-/m1/s1. The molecule has 1 atom stereocenters. The van der Waals surface area contributed by atoms with Gasteiger partial charge in [0.15, 0.2) is 4.87 Å². The second-order valence-corrected chi connectivity index (χ2v) is 6.88. The fraction of sp³-hybridized carbons (Fsp3) is 0.0909. The third kappa shape index (κ3) is 2.91. The number of anilines is 1. The van der Waals surface area contributed by atoms with Crippen LogP contribution in [-0.2, 0) is 11.2 Å². The summed E-state index contributed by atoms with van der Waals surface area (Å²) < 4.78 is 0. The minimum atomic E-state index is -1.24. The molecule has 0 bridgehead atoms. The van der Waals surface area contributed by atoms with Crippen molar-refractivity contribution in [1.29, 1.82) is 0 Å². The first kappa shape index (κ1) is 16.6. The Kier molecular flexibility index (Phi) is 4.31. The molecule has 0 aromatic heterocycles. The molecule has 26 heavy (non-hydrogen) atoms. The molecule has 3 aromatic carbocycles. The van der Waals surface area contributed by atoms with Crippen LogP contribution in [0.5, 0.6) is 0 Å². The summed E-state index contributed by atoms with van der Waals surface area (Å²) in [6.07, 6.45) is 0.380. The zero-order chi connectivity index (χ0) is 18.0. The minimum Gasteiger partial charge on any atom is -0.270 e. The summed E-state index contributed by atoms with van der Waals surface area (Å²) in [5, 5.41) is 6.04. The Morgan fingerprint density at radius 2 is 1.35 bits per heavy atom. The van der Waals surface area contributed by atoms with E-state index >= 15 is 0 Å². The molecule has 1 aliphatic heterocycles. The van der Waals surface area contributed by atoms with Gasteiger partial charge in [0.1, 0.15) is 0 Å². The molecule has 3 aromatic rings. The fourth-order valence-corrected chi connectivity index (χ4v) is 3.54. The molecule has 0 saturated carbocycles. The lowest BCUT2D eigenvalue weighted by molar-refractivity contribution is -0.118. The maximum absolute atomic E-state index is 13.3. The monoisotopic (exact) mass is 360 g/mol. The summed E-state index contributed by atoms with van der Waals surface area (Å²) in [5.74, 6) is -0.229. The highest BCUT2D eigenvalue weighted by atomic mass is 35.5. The van der Waals surface area contributed by atoms with E-state index in [0.29, 0.717) is 17.8 Å². The number of amides is 1. The predicted molar refractivity (Wildman–Crippen MR) is 106 cm³/mol. The lowest BCUT2D eigenvalue weighted by Crippen LogP contribution is -2.43. The van der Waals surface area contributed by atoms with E-state index in [1.165, 1.54) is 5.01 Å². The molecule has 0 radical (unpaired) electrons. The number of benzene rings is 3. The van der Waals surface area contributed by atoms with E-state index in [2.05, 4.69) is 5.10 Å². The smallest absolute Gasteiger partial charge is 0.270 e. The third-order valence-electron chi connectivity index (χ3n) is 4.45. The van der Waals surface area contributed by atoms with Crippen molar-refractivity contribution in [2.75, 3.05) is 5.01 Å².